The number of hydrogen-bond acceptors (Lipinski definition) is 4. The van der Waals surface area contributed by atoms with Crippen molar-refractivity contribution in [2.24, 2.45) is 0 Å². The largest absolute Gasteiger partial charge is 0.491 e. The first-order valence-electron chi connectivity index (χ1n) is 8.62. The average molecular weight is 339 g/mol. The van der Waals surface area contributed by atoms with Crippen molar-refractivity contribution in [3.05, 3.63) is 53.1 Å². The van der Waals surface area contributed by atoms with Crippen LogP contribution in [0.25, 0.3) is 0 Å². The molecule has 0 spiro atoms. The van der Waals surface area contributed by atoms with Gasteiger partial charge in [-0.15, -0.1) is 0 Å². The number of para-hydroxylation sites is 1. The van der Waals surface area contributed by atoms with Crippen molar-refractivity contribution in [2.45, 2.75) is 38.4 Å². The third-order valence-corrected chi connectivity index (χ3v) is 4.75. The highest BCUT2D eigenvalue weighted by atomic mass is 16.5. The molecule has 2 aliphatic rings. The lowest BCUT2D eigenvalue weighted by Gasteiger charge is -2.27. The fourth-order valence-electron chi connectivity index (χ4n) is 3.42. The van der Waals surface area contributed by atoms with Gasteiger partial charge in [0, 0.05) is 12.0 Å². The molecule has 0 aliphatic carbocycles. The fourth-order valence-corrected chi connectivity index (χ4v) is 3.42. The zero-order chi connectivity index (χ0) is 17.4. The number of rotatable bonds is 2. The summed E-state index contributed by atoms with van der Waals surface area (Å²) in [6.07, 6.45) is 0.936. The predicted octanol–water partition coefficient (Wildman–Crippen LogP) is 3.14. The Morgan fingerprint density at radius 1 is 1.24 bits per heavy atom. The maximum atomic E-state index is 12.7. The van der Waals surface area contributed by atoms with Crippen molar-refractivity contribution in [3.8, 4) is 11.5 Å². The van der Waals surface area contributed by atoms with Gasteiger partial charge in [0.25, 0.3) is 5.91 Å². The molecule has 2 aromatic rings. The molecule has 5 heteroatoms. The number of carbonyl (C=O) groups is 1. The number of fused-ring (bicyclic) bond motifs is 2. The van der Waals surface area contributed by atoms with Crippen LogP contribution in [0.5, 0.6) is 11.5 Å². The SMILES string of the molecule is Cc1ccc2c(c1)CC[C@@H](C(=O)Nc1cccc3c1OCC[C@@H]3O)O2. The highest BCUT2D eigenvalue weighted by Crippen LogP contribution is 2.38. The monoisotopic (exact) mass is 339 g/mol. The summed E-state index contributed by atoms with van der Waals surface area (Å²) in [5.41, 5.74) is 3.64. The molecule has 5 nitrogen and oxygen atoms in total. The smallest absolute Gasteiger partial charge is 0.265 e. The van der Waals surface area contributed by atoms with Crippen molar-refractivity contribution >= 4 is 11.6 Å². The molecule has 130 valence electrons. The first-order valence-corrected chi connectivity index (χ1v) is 8.62. The van der Waals surface area contributed by atoms with Crippen LogP contribution < -0.4 is 14.8 Å². The summed E-state index contributed by atoms with van der Waals surface area (Å²) in [5, 5.41) is 13.0. The summed E-state index contributed by atoms with van der Waals surface area (Å²) in [6.45, 7) is 2.49. The zero-order valence-electron chi connectivity index (χ0n) is 14.1. The fraction of sp³-hybridized carbons (Fsp3) is 0.350. The number of ether oxygens (including phenoxy) is 2. The molecule has 0 saturated heterocycles. The molecular weight excluding hydrogens is 318 g/mol. The molecule has 25 heavy (non-hydrogen) atoms. The molecule has 0 radical (unpaired) electrons. The van der Waals surface area contributed by atoms with Crippen LogP contribution in [0.4, 0.5) is 5.69 Å². The van der Waals surface area contributed by atoms with Crippen molar-refractivity contribution < 1.29 is 19.4 Å². The van der Waals surface area contributed by atoms with Gasteiger partial charge in [0.1, 0.15) is 11.5 Å². The van der Waals surface area contributed by atoms with Crippen molar-refractivity contribution in [1.29, 1.82) is 0 Å². The number of hydrogen-bond donors (Lipinski definition) is 2. The van der Waals surface area contributed by atoms with E-state index in [-0.39, 0.29) is 5.91 Å². The molecule has 2 aromatic carbocycles. The van der Waals surface area contributed by atoms with Gasteiger partial charge in [-0.2, -0.15) is 0 Å². The molecule has 2 atom stereocenters. The van der Waals surface area contributed by atoms with Crippen LogP contribution in [-0.4, -0.2) is 23.7 Å². The molecule has 0 fully saturated rings. The molecular formula is C20H21NO4. The lowest BCUT2D eigenvalue weighted by Crippen LogP contribution is -2.36. The Morgan fingerprint density at radius 2 is 2.12 bits per heavy atom. The summed E-state index contributed by atoms with van der Waals surface area (Å²) in [7, 11) is 0. The molecule has 2 aliphatic heterocycles. The summed E-state index contributed by atoms with van der Waals surface area (Å²) in [6, 6.07) is 11.4. The van der Waals surface area contributed by atoms with Gasteiger partial charge in [-0.1, -0.05) is 29.8 Å². The maximum absolute atomic E-state index is 12.7. The quantitative estimate of drug-likeness (QED) is 0.882. The highest BCUT2D eigenvalue weighted by molar-refractivity contribution is 5.96. The summed E-state index contributed by atoms with van der Waals surface area (Å²) in [4.78, 5) is 12.7. The summed E-state index contributed by atoms with van der Waals surface area (Å²) >= 11 is 0. The van der Waals surface area contributed by atoms with Gasteiger partial charge < -0.3 is 19.9 Å². The van der Waals surface area contributed by atoms with E-state index in [1.807, 2.05) is 31.2 Å². The number of anilines is 1. The van der Waals surface area contributed by atoms with E-state index >= 15 is 0 Å². The number of nitrogens with one attached hydrogen (secondary N) is 1. The normalized spacial score (nSPS) is 21.4. The van der Waals surface area contributed by atoms with Crippen molar-refractivity contribution in [3.63, 3.8) is 0 Å². The summed E-state index contributed by atoms with van der Waals surface area (Å²) < 4.78 is 11.6. The Kier molecular flexibility index (Phi) is 4.09. The highest BCUT2D eigenvalue weighted by Gasteiger charge is 2.28. The number of aliphatic hydroxyl groups excluding tert-OH is 1. The van der Waals surface area contributed by atoms with Gasteiger partial charge in [0.2, 0.25) is 0 Å². The molecule has 0 bridgehead atoms. The molecule has 0 unspecified atom stereocenters. The molecule has 0 saturated carbocycles. The lowest BCUT2D eigenvalue weighted by atomic mass is 9.99. The first-order chi connectivity index (χ1) is 12.1. The predicted molar refractivity (Wildman–Crippen MR) is 94.1 cm³/mol. The minimum absolute atomic E-state index is 0.191. The Hall–Kier alpha value is -2.53. The number of aryl methyl sites for hydroxylation is 2. The van der Waals surface area contributed by atoms with Gasteiger partial charge in [-0.05, 0) is 37.5 Å². The second kappa shape index (κ2) is 6.41. The summed E-state index contributed by atoms with van der Waals surface area (Å²) in [5.74, 6) is 1.14. The minimum atomic E-state index is -0.554. The number of aliphatic hydroxyl groups is 1. The van der Waals surface area contributed by atoms with Crippen molar-refractivity contribution in [2.75, 3.05) is 11.9 Å². The van der Waals surface area contributed by atoms with Crippen LogP contribution in [0, 0.1) is 6.92 Å². The molecule has 1 amide bonds. The van der Waals surface area contributed by atoms with Gasteiger partial charge in [0.15, 0.2) is 6.10 Å². The third-order valence-electron chi connectivity index (χ3n) is 4.75. The minimum Gasteiger partial charge on any atom is -0.491 e. The molecule has 2 N–H and O–H groups in total. The van der Waals surface area contributed by atoms with E-state index in [1.165, 1.54) is 5.56 Å². The van der Waals surface area contributed by atoms with E-state index < -0.39 is 12.2 Å². The topological polar surface area (TPSA) is 67.8 Å². The molecule has 2 heterocycles. The van der Waals surface area contributed by atoms with Gasteiger partial charge in [-0.3, -0.25) is 4.79 Å². The third kappa shape index (κ3) is 3.07. The van der Waals surface area contributed by atoms with E-state index in [0.29, 0.717) is 30.9 Å². The van der Waals surface area contributed by atoms with E-state index in [4.69, 9.17) is 9.47 Å². The Labute approximate surface area is 146 Å². The van der Waals surface area contributed by atoms with E-state index in [0.717, 1.165) is 23.3 Å². The maximum Gasteiger partial charge on any atom is 0.265 e. The van der Waals surface area contributed by atoms with Crippen LogP contribution >= 0.6 is 0 Å². The van der Waals surface area contributed by atoms with Crippen LogP contribution in [0.2, 0.25) is 0 Å². The van der Waals surface area contributed by atoms with E-state index in [2.05, 4.69) is 11.4 Å². The number of amides is 1. The number of carbonyl (C=O) groups excluding carboxylic acids is 1. The lowest BCUT2D eigenvalue weighted by molar-refractivity contribution is -0.123. The average Bonchev–Trinajstić information content (AvgIpc) is 2.62. The molecule has 4 rings (SSSR count). The zero-order valence-corrected chi connectivity index (χ0v) is 14.1. The Balaban J connectivity index is 1.52. The Bertz CT molecular complexity index is 817. The van der Waals surface area contributed by atoms with E-state index in [9.17, 15) is 9.90 Å². The van der Waals surface area contributed by atoms with Crippen molar-refractivity contribution in [1.82, 2.24) is 0 Å². The second-order valence-corrected chi connectivity index (χ2v) is 6.62. The van der Waals surface area contributed by atoms with Gasteiger partial charge >= 0.3 is 0 Å². The van der Waals surface area contributed by atoms with Gasteiger partial charge in [-0.25, -0.2) is 0 Å². The first kappa shape index (κ1) is 16.0. The molecule has 0 aromatic heterocycles. The van der Waals surface area contributed by atoms with Crippen LogP contribution in [0.3, 0.4) is 0 Å². The van der Waals surface area contributed by atoms with Crippen LogP contribution in [0.15, 0.2) is 36.4 Å². The second-order valence-electron chi connectivity index (χ2n) is 6.62. The van der Waals surface area contributed by atoms with Crippen LogP contribution in [0.1, 0.15) is 35.6 Å². The van der Waals surface area contributed by atoms with Crippen LogP contribution in [-0.2, 0) is 11.2 Å². The standard InChI is InChI=1S/C20H21NO4/c1-12-5-7-17-13(11-12)6-8-18(25-17)20(23)21-15-4-2-3-14-16(22)9-10-24-19(14)15/h2-5,7,11,16,18,22H,6,8-10H2,1H3,(H,21,23)/t16-,18-/m0/s1. The number of benzene rings is 2. The van der Waals surface area contributed by atoms with E-state index in [1.54, 1.807) is 6.07 Å². The Morgan fingerprint density at radius 3 is 3.00 bits per heavy atom. The van der Waals surface area contributed by atoms with Gasteiger partial charge in [0.05, 0.1) is 18.4 Å².